The third-order valence-corrected chi connectivity index (χ3v) is 3.06. The number of cyclic esters (lactones) is 2. The second-order valence-electron chi connectivity index (χ2n) is 4.61. The molecule has 0 saturated carbocycles. The minimum absolute atomic E-state index is 0.0108. The first-order chi connectivity index (χ1) is 10.1. The van der Waals surface area contributed by atoms with E-state index in [1.807, 2.05) is 0 Å². The number of carbonyl (C=O) groups is 3. The van der Waals surface area contributed by atoms with Crippen molar-refractivity contribution in [2.45, 2.75) is 6.92 Å². The number of nitrogens with zero attached hydrogens (tertiary/aromatic N) is 1. The summed E-state index contributed by atoms with van der Waals surface area (Å²) in [6.07, 6.45) is 3.34. The Balaban J connectivity index is 2.00. The van der Waals surface area contributed by atoms with Crippen LogP contribution in [0.5, 0.6) is 0 Å². The molecule has 0 aliphatic carbocycles. The van der Waals surface area contributed by atoms with Gasteiger partial charge in [0, 0.05) is 13.1 Å². The van der Waals surface area contributed by atoms with Gasteiger partial charge in [-0.2, -0.15) is 0 Å². The summed E-state index contributed by atoms with van der Waals surface area (Å²) in [5, 5.41) is 0. The Hall–Kier alpha value is -2.15. The normalized spacial score (nSPS) is 17.4. The predicted molar refractivity (Wildman–Crippen MR) is 71.2 cm³/mol. The van der Waals surface area contributed by atoms with Crippen LogP contribution >= 0.6 is 0 Å². The highest BCUT2D eigenvalue weighted by Crippen LogP contribution is 2.13. The Morgan fingerprint density at radius 1 is 1.14 bits per heavy atom. The molecule has 0 N–H and O–H groups in total. The summed E-state index contributed by atoms with van der Waals surface area (Å²) in [7, 11) is 0. The molecule has 0 fully saturated rings. The quantitative estimate of drug-likeness (QED) is 0.476. The summed E-state index contributed by atoms with van der Waals surface area (Å²) in [5.74, 6) is -1.20. The van der Waals surface area contributed by atoms with Gasteiger partial charge in [-0.1, -0.05) is 0 Å². The number of hydrogen-bond acceptors (Lipinski definition) is 7. The van der Waals surface area contributed by atoms with Gasteiger partial charge in [0.2, 0.25) is 0 Å². The van der Waals surface area contributed by atoms with Gasteiger partial charge in [-0.15, -0.1) is 0 Å². The van der Waals surface area contributed by atoms with Crippen LogP contribution in [0.4, 0.5) is 0 Å². The monoisotopic (exact) mass is 295 g/mol. The molecule has 0 aromatic heterocycles. The van der Waals surface area contributed by atoms with Gasteiger partial charge in [-0.3, -0.25) is 9.69 Å². The van der Waals surface area contributed by atoms with Gasteiger partial charge in [0.25, 0.3) is 0 Å². The summed E-state index contributed by atoms with van der Waals surface area (Å²) in [4.78, 5) is 36.3. The molecule has 2 rings (SSSR count). The Kier molecular flexibility index (Phi) is 5.10. The van der Waals surface area contributed by atoms with E-state index < -0.39 is 17.9 Å². The van der Waals surface area contributed by atoms with Crippen molar-refractivity contribution >= 4 is 17.9 Å². The van der Waals surface area contributed by atoms with Gasteiger partial charge in [0.05, 0.1) is 24.3 Å². The van der Waals surface area contributed by atoms with Crippen LogP contribution < -0.4 is 0 Å². The summed E-state index contributed by atoms with van der Waals surface area (Å²) in [5.41, 5.74) is 0.956. The number of ether oxygens (including phenoxy) is 3. The minimum Gasteiger partial charge on any atom is -0.465 e. The second-order valence-corrected chi connectivity index (χ2v) is 4.61. The molecule has 21 heavy (non-hydrogen) atoms. The zero-order valence-electron chi connectivity index (χ0n) is 11.8. The van der Waals surface area contributed by atoms with Gasteiger partial charge in [-0.05, 0) is 19.1 Å². The first-order valence-electron chi connectivity index (χ1n) is 6.70. The lowest BCUT2D eigenvalue weighted by Crippen LogP contribution is -2.36. The molecule has 0 aromatic carbocycles. The van der Waals surface area contributed by atoms with Gasteiger partial charge in [0.15, 0.2) is 0 Å². The molecular formula is C14H17NO6. The topological polar surface area (TPSA) is 82.1 Å². The van der Waals surface area contributed by atoms with Crippen molar-refractivity contribution in [1.82, 2.24) is 4.90 Å². The van der Waals surface area contributed by atoms with Crippen molar-refractivity contribution in [2.75, 3.05) is 39.5 Å². The van der Waals surface area contributed by atoms with Crippen LogP contribution in [0.2, 0.25) is 0 Å². The lowest BCUT2D eigenvalue weighted by Gasteiger charge is -2.20. The molecule has 2 aliphatic rings. The highest BCUT2D eigenvalue weighted by molar-refractivity contribution is 5.92. The maximum Gasteiger partial charge on any atom is 0.335 e. The molecule has 0 bridgehead atoms. The Labute approximate surface area is 122 Å². The highest BCUT2D eigenvalue weighted by Gasteiger charge is 2.25. The van der Waals surface area contributed by atoms with Crippen LogP contribution in [0.1, 0.15) is 6.92 Å². The van der Waals surface area contributed by atoms with Gasteiger partial charge in [-0.25, -0.2) is 9.59 Å². The Bertz CT molecular complexity index is 472. The van der Waals surface area contributed by atoms with Crippen LogP contribution in [0.15, 0.2) is 23.3 Å². The van der Waals surface area contributed by atoms with Crippen molar-refractivity contribution in [3.05, 3.63) is 23.3 Å². The van der Waals surface area contributed by atoms with E-state index in [0.29, 0.717) is 11.1 Å². The minimum atomic E-state index is -0.406. The average Bonchev–Trinajstić information content (AvgIpc) is 3.00. The Morgan fingerprint density at radius 3 is 2.05 bits per heavy atom. The van der Waals surface area contributed by atoms with E-state index in [9.17, 15) is 14.4 Å². The molecule has 0 amide bonds. The van der Waals surface area contributed by atoms with Gasteiger partial charge >= 0.3 is 17.9 Å². The molecule has 2 heterocycles. The maximum atomic E-state index is 11.6. The van der Waals surface area contributed by atoms with Crippen molar-refractivity contribution in [3.8, 4) is 0 Å². The van der Waals surface area contributed by atoms with Crippen LogP contribution in [0.3, 0.4) is 0 Å². The molecule has 7 nitrogen and oxygen atoms in total. The number of esters is 3. The SMILES string of the molecule is CCOC(=O)CN(CC1=CCOC1=O)CC1=CCOC1=O. The molecule has 0 radical (unpaired) electrons. The van der Waals surface area contributed by atoms with Crippen LogP contribution in [0, 0.1) is 0 Å². The van der Waals surface area contributed by atoms with Crippen LogP contribution in [0.25, 0.3) is 0 Å². The summed E-state index contributed by atoms with van der Waals surface area (Å²) < 4.78 is 14.6. The first-order valence-corrected chi connectivity index (χ1v) is 6.70. The standard InChI is InChI=1S/C14H17NO6/c1-2-19-12(16)9-15(7-10-3-5-20-13(10)17)8-11-4-6-21-14(11)18/h3-4H,2,5-9H2,1H3. The largest absolute Gasteiger partial charge is 0.465 e. The highest BCUT2D eigenvalue weighted by atomic mass is 16.5. The van der Waals surface area contributed by atoms with E-state index in [1.165, 1.54) is 0 Å². The van der Waals surface area contributed by atoms with Gasteiger partial charge in [0.1, 0.15) is 13.2 Å². The zero-order valence-corrected chi connectivity index (χ0v) is 11.8. The maximum absolute atomic E-state index is 11.6. The van der Waals surface area contributed by atoms with E-state index in [1.54, 1.807) is 24.0 Å². The van der Waals surface area contributed by atoms with E-state index in [4.69, 9.17) is 14.2 Å². The average molecular weight is 295 g/mol. The van der Waals surface area contributed by atoms with Crippen molar-refractivity contribution in [2.24, 2.45) is 0 Å². The Morgan fingerprint density at radius 2 is 1.67 bits per heavy atom. The summed E-state index contributed by atoms with van der Waals surface area (Å²) in [6, 6.07) is 0. The molecular weight excluding hydrogens is 278 g/mol. The number of carbonyl (C=O) groups excluding carboxylic acids is 3. The molecule has 114 valence electrons. The third kappa shape index (κ3) is 4.16. The zero-order chi connectivity index (χ0) is 15.2. The summed E-state index contributed by atoms with van der Waals surface area (Å²) in [6.45, 7) is 2.92. The molecule has 2 aliphatic heterocycles. The van der Waals surface area contributed by atoms with E-state index in [0.717, 1.165) is 0 Å². The lowest BCUT2D eigenvalue weighted by molar-refractivity contribution is -0.145. The fraction of sp³-hybridized carbons (Fsp3) is 0.500. The first kappa shape index (κ1) is 15.2. The van der Waals surface area contributed by atoms with E-state index >= 15 is 0 Å². The lowest BCUT2D eigenvalue weighted by atomic mass is 10.2. The molecule has 0 aromatic rings. The molecule has 0 spiro atoms. The van der Waals surface area contributed by atoms with Gasteiger partial charge < -0.3 is 14.2 Å². The van der Waals surface area contributed by atoms with Crippen molar-refractivity contribution < 1.29 is 28.6 Å². The fourth-order valence-corrected chi connectivity index (χ4v) is 2.08. The second kappa shape index (κ2) is 7.03. The number of rotatable bonds is 7. The van der Waals surface area contributed by atoms with E-state index in [-0.39, 0.29) is 39.5 Å². The van der Waals surface area contributed by atoms with Crippen molar-refractivity contribution in [1.29, 1.82) is 0 Å². The molecule has 0 saturated heterocycles. The molecule has 0 unspecified atom stereocenters. The third-order valence-electron chi connectivity index (χ3n) is 3.06. The smallest absolute Gasteiger partial charge is 0.335 e. The molecule has 0 atom stereocenters. The summed E-state index contributed by atoms with van der Waals surface area (Å²) >= 11 is 0. The molecule has 7 heteroatoms. The fourth-order valence-electron chi connectivity index (χ4n) is 2.08. The predicted octanol–water partition coefficient (Wildman–Crippen LogP) is -0.182. The van der Waals surface area contributed by atoms with Crippen molar-refractivity contribution in [3.63, 3.8) is 0 Å². The van der Waals surface area contributed by atoms with Crippen LogP contribution in [-0.2, 0) is 28.6 Å². The van der Waals surface area contributed by atoms with Crippen LogP contribution in [-0.4, -0.2) is 62.3 Å². The number of hydrogen-bond donors (Lipinski definition) is 0. The van der Waals surface area contributed by atoms with E-state index in [2.05, 4.69) is 0 Å².